The van der Waals surface area contributed by atoms with Gasteiger partial charge in [0.25, 0.3) is 0 Å². The average molecular weight is 426 g/mol. The molecule has 4 rings (SSSR count). The Hall–Kier alpha value is -2.93. The van der Waals surface area contributed by atoms with Crippen molar-refractivity contribution >= 4 is 17.5 Å². The Morgan fingerprint density at radius 1 is 0.871 bits per heavy atom. The van der Waals surface area contributed by atoms with Crippen LogP contribution >= 0.6 is 0 Å². The zero-order valence-electron chi connectivity index (χ0n) is 17.6. The van der Waals surface area contributed by atoms with Gasteiger partial charge in [-0.25, -0.2) is 4.39 Å². The van der Waals surface area contributed by atoms with E-state index in [1.165, 1.54) is 12.1 Å². The Kier molecular flexibility index (Phi) is 6.82. The van der Waals surface area contributed by atoms with Gasteiger partial charge in [-0.05, 0) is 36.2 Å². The number of anilines is 1. The number of hydrogen-bond donors (Lipinski definition) is 0. The van der Waals surface area contributed by atoms with E-state index in [-0.39, 0.29) is 30.5 Å². The molecule has 0 aliphatic carbocycles. The maximum absolute atomic E-state index is 13.1. The highest BCUT2D eigenvalue weighted by molar-refractivity contribution is 5.97. The molecule has 0 unspecified atom stereocenters. The largest absolute Gasteiger partial charge is 0.490 e. The molecule has 1 saturated heterocycles. The van der Waals surface area contributed by atoms with Crippen LogP contribution in [-0.4, -0.2) is 60.9 Å². The summed E-state index contributed by atoms with van der Waals surface area (Å²) in [7, 11) is 0. The first-order valence-electron chi connectivity index (χ1n) is 10.9. The number of carbonyl (C=O) groups is 2. The van der Waals surface area contributed by atoms with Gasteiger partial charge in [-0.15, -0.1) is 0 Å². The molecule has 7 heteroatoms. The molecule has 2 aromatic carbocycles. The van der Waals surface area contributed by atoms with Crippen molar-refractivity contribution in [3.63, 3.8) is 0 Å². The van der Waals surface area contributed by atoms with Crippen molar-refractivity contribution in [2.24, 2.45) is 0 Å². The summed E-state index contributed by atoms with van der Waals surface area (Å²) in [5.41, 5.74) is 1.84. The maximum Gasteiger partial charge on any atom is 0.227 e. The summed E-state index contributed by atoms with van der Waals surface area (Å²) in [4.78, 5) is 31.4. The Morgan fingerprint density at radius 2 is 1.65 bits per heavy atom. The van der Waals surface area contributed by atoms with Gasteiger partial charge in [0.2, 0.25) is 11.8 Å². The third-order valence-electron chi connectivity index (χ3n) is 5.84. The number of ether oxygens (including phenoxy) is 1. The molecule has 2 heterocycles. The lowest BCUT2D eigenvalue weighted by Gasteiger charge is -2.29. The van der Waals surface area contributed by atoms with Gasteiger partial charge >= 0.3 is 0 Å². The zero-order valence-corrected chi connectivity index (χ0v) is 17.6. The lowest BCUT2D eigenvalue weighted by atomic mass is 10.2. The van der Waals surface area contributed by atoms with E-state index in [0.717, 1.165) is 37.3 Å². The highest BCUT2D eigenvalue weighted by Gasteiger charge is 2.25. The minimum atomic E-state index is -0.230. The molecule has 0 N–H and O–H groups in total. The van der Waals surface area contributed by atoms with Crippen LogP contribution in [0, 0.1) is 5.82 Å². The Morgan fingerprint density at radius 3 is 2.48 bits per heavy atom. The van der Waals surface area contributed by atoms with Crippen molar-refractivity contribution in [1.29, 1.82) is 0 Å². The Bertz CT molecular complexity index is 919. The molecule has 0 radical (unpaired) electrons. The first kappa shape index (κ1) is 21.3. The molecule has 2 aromatic rings. The van der Waals surface area contributed by atoms with Crippen LogP contribution in [0.5, 0.6) is 5.75 Å². The standard InChI is InChI=1S/C24H28FN3O3/c25-20-8-6-19(7-9-20)18-26-12-3-13-27(15-14-26)23(29)10-11-24(30)28-16-17-31-22-5-2-1-4-21(22)28/h1-2,4-9H,3,10-18H2. The van der Waals surface area contributed by atoms with Gasteiger partial charge in [-0.2, -0.15) is 0 Å². The second-order valence-electron chi connectivity index (χ2n) is 8.00. The Balaban J connectivity index is 1.26. The molecule has 2 aliphatic heterocycles. The fraction of sp³-hybridized carbons (Fsp3) is 0.417. The van der Waals surface area contributed by atoms with Gasteiger partial charge in [0.05, 0.1) is 12.2 Å². The molecule has 6 nitrogen and oxygen atoms in total. The van der Waals surface area contributed by atoms with E-state index in [1.54, 1.807) is 17.0 Å². The molecular weight excluding hydrogens is 397 g/mol. The highest BCUT2D eigenvalue weighted by Crippen LogP contribution is 2.31. The van der Waals surface area contributed by atoms with Crippen LogP contribution < -0.4 is 9.64 Å². The monoisotopic (exact) mass is 425 g/mol. The number of nitrogens with zero attached hydrogens (tertiary/aromatic N) is 3. The van der Waals surface area contributed by atoms with Crippen LogP contribution in [0.4, 0.5) is 10.1 Å². The number of para-hydroxylation sites is 2. The molecular formula is C24H28FN3O3. The number of rotatable bonds is 5. The third-order valence-corrected chi connectivity index (χ3v) is 5.84. The highest BCUT2D eigenvalue weighted by atomic mass is 19.1. The molecule has 0 bridgehead atoms. The summed E-state index contributed by atoms with van der Waals surface area (Å²) >= 11 is 0. The van der Waals surface area contributed by atoms with E-state index in [1.807, 2.05) is 29.2 Å². The van der Waals surface area contributed by atoms with Gasteiger partial charge in [0.1, 0.15) is 18.2 Å². The van der Waals surface area contributed by atoms with Gasteiger partial charge in [-0.3, -0.25) is 14.5 Å². The van der Waals surface area contributed by atoms with Crippen LogP contribution in [0.1, 0.15) is 24.8 Å². The van der Waals surface area contributed by atoms with Gasteiger partial charge in [0.15, 0.2) is 0 Å². The molecule has 164 valence electrons. The minimum Gasteiger partial charge on any atom is -0.490 e. The minimum absolute atomic E-state index is 0.0264. The number of hydrogen-bond acceptors (Lipinski definition) is 4. The van der Waals surface area contributed by atoms with Crippen molar-refractivity contribution in [1.82, 2.24) is 9.80 Å². The van der Waals surface area contributed by atoms with Crippen molar-refractivity contribution in [3.8, 4) is 5.75 Å². The normalized spacial score (nSPS) is 16.9. The quantitative estimate of drug-likeness (QED) is 0.739. The lowest BCUT2D eigenvalue weighted by molar-refractivity contribution is -0.133. The molecule has 2 aliphatic rings. The zero-order chi connectivity index (χ0) is 21.6. The second-order valence-corrected chi connectivity index (χ2v) is 8.00. The number of amides is 2. The van der Waals surface area contributed by atoms with E-state index in [4.69, 9.17) is 4.74 Å². The molecule has 2 amide bonds. The summed E-state index contributed by atoms with van der Waals surface area (Å²) in [5, 5.41) is 0. The molecule has 0 atom stereocenters. The lowest BCUT2D eigenvalue weighted by Crippen LogP contribution is -2.39. The summed E-state index contributed by atoms with van der Waals surface area (Å²) in [6, 6.07) is 14.1. The fourth-order valence-corrected chi connectivity index (χ4v) is 4.16. The van der Waals surface area contributed by atoms with E-state index < -0.39 is 0 Å². The predicted molar refractivity (Wildman–Crippen MR) is 116 cm³/mol. The van der Waals surface area contributed by atoms with Crippen molar-refractivity contribution in [2.45, 2.75) is 25.8 Å². The summed E-state index contributed by atoms with van der Waals surface area (Å²) < 4.78 is 18.7. The first-order chi connectivity index (χ1) is 15.1. The molecule has 0 aromatic heterocycles. The van der Waals surface area contributed by atoms with Crippen molar-refractivity contribution in [3.05, 3.63) is 59.9 Å². The smallest absolute Gasteiger partial charge is 0.227 e. The van der Waals surface area contributed by atoms with E-state index in [9.17, 15) is 14.0 Å². The third kappa shape index (κ3) is 5.41. The molecule has 0 saturated carbocycles. The molecule has 1 fully saturated rings. The molecule has 31 heavy (non-hydrogen) atoms. The number of fused-ring (bicyclic) bond motifs is 1. The SMILES string of the molecule is O=C(CCC(=O)N1CCOc2ccccc21)N1CCCN(Cc2ccc(F)cc2)CC1. The van der Waals surface area contributed by atoms with E-state index >= 15 is 0 Å². The van der Waals surface area contributed by atoms with Crippen molar-refractivity contribution < 1.29 is 18.7 Å². The fourth-order valence-electron chi connectivity index (χ4n) is 4.16. The predicted octanol–water partition coefficient (Wildman–Crippen LogP) is 3.07. The summed E-state index contributed by atoms with van der Waals surface area (Å²) in [6.07, 6.45) is 1.30. The number of benzene rings is 2. The van der Waals surface area contributed by atoms with Gasteiger partial charge in [0, 0.05) is 45.6 Å². The molecule has 0 spiro atoms. The second kappa shape index (κ2) is 9.92. The van der Waals surface area contributed by atoms with Crippen molar-refractivity contribution in [2.75, 3.05) is 44.2 Å². The van der Waals surface area contributed by atoms with Crippen LogP contribution in [0.15, 0.2) is 48.5 Å². The van der Waals surface area contributed by atoms with Crippen LogP contribution in [-0.2, 0) is 16.1 Å². The average Bonchev–Trinajstić information content (AvgIpc) is 3.04. The van der Waals surface area contributed by atoms with Gasteiger partial charge < -0.3 is 14.5 Å². The topological polar surface area (TPSA) is 53.1 Å². The van der Waals surface area contributed by atoms with Crippen LogP contribution in [0.25, 0.3) is 0 Å². The first-order valence-corrected chi connectivity index (χ1v) is 10.9. The van der Waals surface area contributed by atoms with E-state index in [2.05, 4.69) is 4.90 Å². The van der Waals surface area contributed by atoms with Crippen LogP contribution in [0.2, 0.25) is 0 Å². The number of carbonyl (C=O) groups excluding carboxylic acids is 2. The summed E-state index contributed by atoms with van der Waals surface area (Å²) in [6.45, 7) is 4.73. The van der Waals surface area contributed by atoms with Gasteiger partial charge in [-0.1, -0.05) is 24.3 Å². The van der Waals surface area contributed by atoms with E-state index in [0.29, 0.717) is 32.0 Å². The summed E-state index contributed by atoms with van der Waals surface area (Å²) in [5.74, 6) is 0.462. The number of halogens is 1. The van der Waals surface area contributed by atoms with Crippen LogP contribution in [0.3, 0.4) is 0 Å². The maximum atomic E-state index is 13.1. The Labute approximate surface area is 182 Å².